The van der Waals surface area contributed by atoms with Gasteiger partial charge in [-0.1, -0.05) is 37.3 Å². The summed E-state index contributed by atoms with van der Waals surface area (Å²) in [5.74, 6) is 1.60. The first kappa shape index (κ1) is 22.6. The van der Waals surface area contributed by atoms with E-state index in [2.05, 4.69) is 56.7 Å². The Morgan fingerprint density at radius 1 is 1.11 bits per heavy atom. The van der Waals surface area contributed by atoms with Gasteiger partial charge < -0.3 is 10.6 Å². The number of nitrogens with zero attached hydrogens (tertiary/aromatic N) is 3. The molecule has 0 saturated carbocycles. The predicted octanol–water partition coefficient (Wildman–Crippen LogP) is 3.80. The monoisotopic (exact) mass is 493 g/mol. The Kier molecular flexibility index (Phi) is 9.70. The number of likely N-dealkylation sites (tertiary alicyclic amines) is 1. The highest BCUT2D eigenvalue weighted by molar-refractivity contribution is 14.0. The molecular formula is C22H32IN5. The van der Waals surface area contributed by atoms with Crippen LogP contribution >= 0.6 is 24.0 Å². The van der Waals surface area contributed by atoms with Crippen LogP contribution in [0.2, 0.25) is 0 Å². The van der Waals surface area contributed by atoms with Gasteiger partial charge in [-0.15, -0.1) is 24.0 Å². The first-order chi connectivity index (χ1) is 13.2. The second-order valence-electron chi connectivity index (χ2n) is 7.35. The highest BCUT2D eigenvalue weighted by Gasteiger charge is 2.17. The minimum absolute atomic E-state index is 0. The maximum atomic E-state index is 4.34. The number of hydrogen-bond acceptors (Lipinski definition) is 3. The van der Waals surface area contributed by atoms with Crippen LogP contribution in [0.15, 0.2) is 53.7 Å². The molecule has 1 aliphatic heterocycles. The summed E-state index contributed by atoms with van der Waals surface area (Å²) < 4.78 is 0. The molecule has 152 valence electrons. The lowest BCUT2D eigenvalue weighted by Gasteiger charge is -2.31. The van der Waals surface area contributed by atoms with Crippen molar-refractivity contribution in [3.63, 3.8) is 0 Å². The fourth-order valence-corrected chi connectivity index (χ4v) is 3.63. The van der Waals surface area contributed by atoms with Gasteiger partial charge in [0.15, 0.2) is 5.96 Å². The van der Waals surface area contributed by atoms with Crippen LogP contribution in [0.1, 0.15) is 36.6 Å². The van der Waals surface area contributed by atoms with Gasteiger partial charge in [-0.05, 0) is 48.6 Å². The number of aromatic nitrogens is 1. The van der Waals surface area contributed by atoms with E-state index in [1.807, 2.05) is 24.4 Å². The van der Waals surface area contributed by atoms with E-state index in [9.17, 15) is 0 Å². The van der Waals surface area contributed by atoms with E-state index in [1.54, 1.807) is 7.05 Å². The summed E-state index contributed by atoms with van der Waals surface area (Å²) in [6, 6.07) is 14.6. The first-order valence-electron chi connectivity index (χ1n) is 9.88. The van der Waals surface area contributed by atoms with Crippen LogP contribution < -0.4 is 10.6 Å². The lowest BCUT2D eigenvalue weighted by molar-refractivity contribution is 0.176. The van der Waals surface area contributed by atoms with Gasteiger partial charge in [0.05, 0.1) is 12.2 Å². The molecule has 1 fully saturated rings. The normalized spacial score (nSPS) is 17.6. The Morgan fingerprint density at radius 2 is 1.86 bits per heavy atom. The van der Waals surface area contributed by atoms with E-state index >= 15 is 0 Å². The lowest BCUT2D eigenvalue weighted by atomic mass is 9.99. The molecule has 0 bridgehead atoms. The molecular weight excluding hydrogens is 461 g/mol. The number of rotatable bonds is 6. The van der Waals surface area contributed by atoms with Gasteiger partial charge in [-0.3, -0.25) is 14.9 Å². The standard InChI is InChI=1S/C22H31N5.HI/c1-18-8-7-13-27(16-18)17-20-10-4-3-9-19(20)14-25-22(23-2)26-15-21-11-5-6-12-24-21;/h3-6,9-12,18H,7-8,13-17H2,1-2H3,(H2,23,25,26);1H. The molecule has 3 rings (SSSR count). The summed E-state index contributed by atoms with van der Waals surface area (Å²) in [5, 5.41) is 6.76. The lowest BCUT2D eigenvalue weighted by Crippen LogP contribution is -2.37. The fourth-order valence-electron chi connectivity index (χ4n) is 3.63. The van der Waals surface area contributed by atoms with Crippen molar-refractivity contribution < 1.29 is 0 Å². The number of pyridine rings is 1. The van der Waals surface area contributed by atoms with Gasteiger partial charge in [0.1, 0.15) is 0 Å². The molecule has 28 heavy (non-hydrogen) atoms. The summed E-state index contributed by atoms with van der Waals surface area (Å²) in [7, 11) is 1.80. The van der Waals surface area contributed by atoms with Gasteiger partial charge in [0, 0.05) is 32.9 Å². The Labute approximate surface area is 186 Å². The summed E-state index contributed by atoms with van der Waals surface area (Å²) in [5.41, 5.74) is 3.73. The Hall–Kier alpha value is -1.67. The summed E-state index contributed by atoms with van der Waals surface area (Å²) in [6.45, 7) is 7.22. The minimum atomic E-state index is 0. The molecule has 2 aromatic rings. The zero-order valence-corrected chi connectivity index (χ0v) is 19.2. The van der Waals surface area contributed by atoms with Crippen LogP contribution in [0, 0.1) is 5.92 Å². The quantitative estimate of drug-likeness (QED) is 0.365. The SMILES string of the molecule is CN=C(NCc1ccccn1)NCc1ccccc1CN1CCCC(C)C1.I. The van der Waals surface area contributed by atoms with E-state index in [1.165, 1.54) is 37.1 Å². The fraction of sp³-hybridized carbons (Fsp3) is 0.455. The third kappa shape index (κ3) is 7.05. The summed E-state index contributed by atoms with van der Waals surface area (Å²) in [4.78, 5) is 11.3. The maximum absolute atomic E-state index is 4.34. The van der Waals surface area contributed by atoms with E-state index in [0.29, 0.717) is 6.54 Å². The molecule has 1 atom stereocenters. The Bertz CT molecular complexity index is 735. The van der Waals surface area contributed by atoms with Crippen molar-refractivity contribution in [1.29, 1.82) is 0 Å². The molecule has 1 unspecified atom stereocenters. The van der Waals surface area contributed by atoms with E-state index < -0.39 is 0 Å². The van der Waals surface area contributed by atoms with Crippen LogP contribution in [0.25, 0.3) is 0 Å². The maximum Gasteiger partial charge on any atom is 0.191 e. The molecule has 1 aromatic heterocycles. The van der Waals surface area contributed by atoms with Crippen LogP contribution in [0.4, 0.5) is 0 Å². The Morgan fingerprint density at radius 3 is 2.57 bits per heavy atom. The van der Waals surface area contributed by atoms with Crippen molar-refractivity contribution in [2.45, 2.75) is 39.4 Å². The molecule has 0 amide bonds. The van der Waals surface area contributed by atoms with Crippen molar-refractivity contribution in [2.24, 2.45) is 10.9 Å². The third-order valence-electron chi connectivity index (χ3n) is 5.09. The summed E-state index contributed by atoms with van der Waals surface area (Å²) in [6.07, 6.45) is 4.48. The first-order valence-corrected chi connectivity index (χ1v) is 9.88. The van der Waals surface area contributed by atoms with Crippen LogP contribution in [-0.4, -0.2) is 36.0 Å². The molecule has 0 aliphatic carbocycles. The van der Waals surface area contributed by atoms with Crippen molar-refractivity contribution in [3.05, 3.63) is 65.5 Å². The molecule has 2 N–H and O–H groups in total. The number of aliphatic imine (C=N–C) groups is 1. The minimum Gasteiger partial charge on any atom is -0.352 e. The number of hydrogen-bond donors (Lipinski definition) is 2. The molecule has 0 spiro atoms. The van der Waals surface area contributed by atoms with Gasteiger partial charge in [-0.2, -0.15) is 0 Å². The van der Waals surface area contributed by atoms with Crippen LogP contribution in [-0.2, 0) is 19.6 Å². The number of guanidine groups is 1. The van der Waals surface area contributed by atoms with E-state index in [4.69, 9.17) is 0 Å². The van der Waals surface area contributed by atoms with Gasteiger partial charge in [-0.25, -0.2) is 0 Å². The van der Waals surface area contributed by atoms with Crippen LogP contribution in [0.5, 0.6) is 0 Å². The smallest absolute Gasteiger partial charge is 0.191 e. The molecule has 1 aliphatic rings. The molecule has 0 radical (unpaired) electrons. The zero-order valence-electron chi connectivity index (χ0n) is 16.9. The molecule has 1 saturated heterocycles. The van der Waals surface area contributed by atoms with Gasteiger partial charge >= 0.3 is 0 Å². The zero-order chi connectivity index (χ0) is 18.9. The average molecular weight is 493 g/mol. The second kappa shape index (κ2) is 12.0. The topological polar surface area (TPSA) is 52.6 Å². The number of benzene rings is 1. The Balaban J connectivity index is 0.00000280. The largest absolute Gasteiger partial charge is 0.352 e. The molecule has 2 heterocycles. The van der Waals surface area contributed by atoms with Crippen molar-refractivity contribution in [2.75, 3.05) is 20.1 Å². The second-order valence-corrected chi connectivity index (χ2v) is 7.35. The third-order valence-corrected chi connectivity index (χ3v) is 5.09. The molecule has 1 aromatic carbocycles. The van der Waals surface area contributed by atoms with E-state index in [-0.39, 0.29) is 24.0 Å². The molecule has 6 heteroatoms. The van der Waals surface area contributed by atoms with Crippen molar-refractivity contribution >= 4 is 29.9 Å². The number of piperidine rings is 1. The predicted molar refractivity (Wildman–Crippen MR) is 127 cm³/mol. The summed E-state index contributed by atoms with van der Waals surface area (Å²) >= 11 is 0. The highest BCUT2D eigenvalue weighted by Crippen LogP contribution is 2.19. The average Bonchev–Trinajstić information content (AvgIpc) is 2.70. The highest BCUT2D eigenvalue weighted by atomic mass is 127. The van der Waals surface area contributed by atoms with Gasteiger partial charge in [0.25, 0.3) is 0 Å². The van der Waals surface area contributed by atoms with Gasteiger partial charge in [0.2, 0.25) is 0 Å². The van der Waals surface area contributed by atoms with Crippen molar-refractivity contribution in [3.8, 4) is 0 Å². The van der Waals surface area contributed by atoms with Crippen molar-refractivity contribution in [1.82, 2.24) is 20.5 Å². The molecule has 5 nitrogen and oxygen atoms in total. The van der Waals surface area contributed by atoms with Crippen LogP contribution in [0.3, 0.4) is 0 Å². The number of halogens is 1. The van der Waals surface area contributed by atoms with E-state index in [0.717, 1.165) is 30.7 Å². The number of nitrogens with one attached hydrogen (secondary N) is 2.